The summed E-state index contributed by atoms with van der Waals surface area (Å²) in [6.45, 7) is 7.61. The minimum Gasteiger partial charge on any atom is -0.396 e. The molecule has 1 heterocycles. The molecular weight excluding hydrogens is 471 g/mol. The Morgan fingerprint density at radius 1 is 1.35 bits per heavy atom. The van der Waals surface area contributed by atoms with Crippen molar-refractivity contribution in [1.29, 1.82) is 0 Å². The topological polar surface area (TPSA) is 103 Å². The lowest BCUT2D eigenvalue weighted by Gasteiger charge is -2.25. The third kappa shape index (κ3) is 8.68. The monoisotopic (exact) mass is 506 g/mol. The second-order valence-corrected chi connectivity index (χ2v) is 8.84. The van der Waals surface area contributed by atoms with Gasteiger partial charge in [0.15, 0.2) is 5.96 Å². The summed E-state index contributed by atoms with van der Waals surface area (Å²) in [5.74, 6) is 0.837. The highest BCUT2D eigenvalue weighted by molar-refractivity contribution is 14.0. The molecule has 10 heteroatoms. The number of hydrogen-bond acceptors (Lipinski definition) is 5. The van der Waals surface area contributed by atoms with Crippen LogP contribution < -0.4 is 10.6 Å². The highest BCUT2D eigenvalue weighted by Gasteiger charge is 2.34. The number of hydrogen-bond donors (Lipinski definition) is 3. The molecule has 1 atom stereocenters. The van der Waals surface area contributed by atoms with Gasteiger partial charge >= 0.3 is 0 Å². The zero-order valence-electron chi connectivity index (χ0n) is 16.2. The number of guanidine groups is 1. The largest absolute Gasteiger partial charge is 0.396 e. The van der Waals surface area contributed by atoms with Crippen molar-refractivity contribution in [2.45, 2.75) is 33.1 Å². The minimum absolute atomic E-state index is 0. The predicted molar refractivity (Wildman–Crippen MR) is 116 cm³/mol. The van der Waals surface area contributed by atoms with E-state index in [0.717, 1.165) is 19.6 Å². The summed E-state index contributed by atoms with van der Waals surface area (Å²) in [5, 5.41) is 15.7. The lowest BCUT2D eigenvalue weighted by molar-refractivity contribution is 0.131. The maximum Gasteiger partial charge on any atom is 0.213 e. The second-order valence-electron chi connectivity index (χ2n) is 6.47. The smallest absolute Gasteiger partial charge is 0.213 e. The van der Waals surface area contributed by atoms with Crippen molar-refractivity contribution in [3.63, 3.8) is 0 Å². The maximum absolute atomic E-state index is 11.7. The molecule has 0 radical (unpaired) electrons. The van der Waals surface area contributed by atoms with Gasteiger partial charge in [-0.3, -0.25) is 4.99 Å². The van der Waals surface area contributed by atoms with E-state index < -0.39 is 10.0 Å². The SMILES string of the molecule is CCNC(=NCC1(CCO)CCOC1)NCCCN(C)S(=O)(=O)CC.I. The Morgan fingerprint density at radius 2 is 2.08 bits per heavy atom. The van der Waals surface area contributed by atoms with Crippen LogP contribution >= 0.6 is 24.0 Å². The van der Waals surface area contributed by atoms with Crippen LogP contribution in [0.15, 0.2) is 4.99 Å². The lowest BCUT2D eigenvalue weighted by atomic mass is 9.84. The zero-order chi connectivity index (χ0) is 18.8. The summed E-state index contributed by atoms with van der Waals surface area (Å²) in [4.78, 5) is 4.64. The molecule has 156 valence electrons. The van der Waals surface area contributed by atoms with Crippen molar-refractivity contribution in [2.75, 3.05) is 58.8 Å². The molecule has 0 saturated carbocycles. The fourth-order valence-electron chi connectivity index (χ4n) is 2.74. The average Bonchev–Trinajstić information content (AvgIpc) is 3.05. The molecule has 8 nitrogen and oxygen atoms in total. The van der Waals surface area contributed by atoms with Gasteiger partial charge in [0.1, 0.15) is 0 Å². The number of sulfonamides is 1. The van der Waals surface area contributed by atoms with Gasteiger partial charge in [-0.05, 0) is 33.1 Å². The van der Waals surface area contributed by atoms with Crippen LogP contribution in [0.3, 0.4) is 0 Å². The van der Waals surface area contributed by atoms with E-state index >= 15 is 0 Å². The molecule has 0 amide bonds. The van der Waals surface area contributed by atoms with E-state index in [4.69, 9.17) is 4.74 Å². The van der Waals surface area contributed by atoms with Gasteiger partial charge in [0.2, 0.25) is 10.0 Å². The fraction of sp³-hybridized carbons (Fsp3) is 0.938. The first kappa shape index (κ1) is 25.8. The van der Waals surface area contributed by atoms with Gasteiger partial charge < -0.3 is 20.5 Å². The van der Waals surface area contributed by atoms with Gasteiger partial charge in [-0.2, -0.15) is 0 Å². The molecule has 1 rings (SSSR count). The molecule has 0 aliphatic carbocycles. The maximum atomic E-state index is 11.7. The van der Waals surface area contributed by atoms with E-state index in [1.807, 2.05) is 6.92 Å². The Morgan fingerprint density at radius 3 is 2.62 bits per heavy atom. The molecule has 1 fully saturated rings. The van der Waals surface area contributed by atoms with Gasteiger partial charge in [-0.15, -0.1) is 24.0 Å². The zero-order valence-corrected chi connectivity index (χ0v) is 19.3. The molecule has 0 aromatic heterocycles. The molecule has 26 heavy (non-hydrogen) atoms. The number of nitrogens with one attached hydrogen (secondary N) is 2. The number of ether oxygens (including phenoxy) is 1. The van der Waals surface area contributed by atoms with E-state index in [1.54, 1.807) is 14.0 Å². The van der Waals surface area contributed by atoms with Gasteiger partial charge in [0, 0.05) is 45.3 Å². The molecule has 0 aromatic carbocycles. The number of nitrogens with zero attached hydrogens (tertiary/aromatic N) is 2. The van der Waals surface area contributed by atoms with Crippen LogP contribution in [-0.4, -0.2) is 82.6 Å². The van der Waals surface area contributed by atoms with Gasteiger partial charge in [-0.1, -0.05) is 0 Å². The normalized spacial score (nSPS) is 20.9. The number of aliphatic imine (C=N–C) groups is 1. The fourth-order valence-corrected chi connectivity index (χ4v) is 3.59. The van der Waals surface area contributed by atoms with E-state index in [0.29, 0.717) is 45.0 Å². The third-order valence-electron chi connectivity index (χ3n) is 4.53. The van der Waals surface area contributed by atoms with Crippen LogP contribution in [0, 0.1) is 5.41 Å². The van der Waals surface area contributed by atoms with Crippen LogP contribution in [0.2, 0.25) is 0 Å². The molecule has 0 bridgehead atoms. The standard InChI is InChI=1S/C16H34N4O4S.HI/c1-4-17-15(18-9-6-10-20(3)25(22,23)5-2)19-13-16(7-11-21)8-12-24-14-16;/h21H,4-14H2,1-3H3,(H2,17,18,19);1H. The van der Waals surface area contributed by atoms with Crippen LogP contribution in [0.25, 0.3) is 0 Å². The summed E-state index contributed by atoms with van der Waals surface area (Å²) >= 11 is 0. The molecule has 1 saturated heterocycles. The van der Waals surface area contributed by atoms with Gasteiger partial charge in [-0.25, -0.2) is 12.7 Å². The second kappa shape index (κ2) is 13.1. The van der Waals surface area contributed by atoms with Crippen LogP contribution in [0.5, 0.6) is 0 Å². The molecule has 0 spiro atoms. The first-order valence-electron chi connectivity index (χ1n) is 9.04. The van der Waals surface area contributed by atoms with Crippen LogP contribution in [0.4, 0.5) is 0 Å². The van der Waals surface area contributed by atoms with Crippen molar-refractivity contribution in [3.8, 4) is 0 Å². The Hall–Kier alpha value is -0.170. The quantitative estimate of drug-likeness (QED) is 0.164. The molecule has 1 unspecified atom stereocenters. The third-order valence-corrected chi connectivity index (χ3v) is 6.39. The van der Waals surface area contributed by atoms with Gasteiger partial charge in [0.25, 0.3) is 0 Å². The van der Waals surface area contributed by atoms with Gasteiger partial charge in [0.05, 0.1) is 18.9 Å². The molecule has 1 aliphatic rings. The average molecular weight is 506 g/mol. The number of halogens is 1. The van der Waals surface area contributed by atoms with E-state index in [2.05, 4.69) is 15.6 Å². The summed E-state index contributed by atoms with van der Waals surface area (Å²) in [7, 11) is -1.51. The summed E-state index contributed by atoms with van der Waals surface area (Å²) < 4.78 is 30.3. The van der Waals surface area contributed by atoms with Crippen molar-refractivity contribution >= 4 is 40.0 Å². The minimum atomic E-state index is -3.12. The Bertz CT molecular complexity index is 510. The number of aliphatic hydroxyl groups is 1. The molecule has 1 aliphatic heterocycles. The first-order chi connectivity index (χ1) is 11.9. The molecular formula is C16H35IN4O4S. The van der Waals surface area contributed by atoms with E-state index in [1.165, 1.54) is 4.31 Å². The first-order valence-corrected chi connectivity index (χ1v) is 10.6. The van der Waals surface area contributed by atoms with Crippen molar-refractivity contribution in [2.24, 2.45) is 10.4 Å². The van der Waals surface area contributed by atoms with E-state index in [-0.39, 0.29) is 41.8 Å². The molecule has 3 N–H and O–H groups in total. The summed E-state index contributed by atoms with van der Waals surface area (Å²) in [6, 6.07) is 0. The number of aliphatic hydroxyl groups excluding tert-OH is 1. The highest BCUT2D eigenvalue weighted by atomic mass is 127. The Kier molecular flexibility index (Phi) is 13.0. The Balaban J connectivity index is 0.00000625. The summed E-state index contributed by atoms with van der Waals surface area (Å²) in [5.41, 5.74) is -0.0769. The highest BCUT2D eigenvalue weighted by Crippen LogP contribution is 2.32. The van der Waals surface area contributed by atoms with Crippen molar-refractivity contribution in [3.05, 3.63) is 0 Å². The van der Waals surface area contributed by atoms with Crippen LogP contribution in [-0.2, 0) is 14.8 Å². The summed E-state index contributed by atoms with van der Waals surface area (Å²) in [6.07, 6.45) is 2.30. The van der Waals surface area contributed by atoms with Crippen molar-refractivity contribution < 1.29 is 18.3 Å². The lowest BCUT2D eigenvalue weighted by Crippen LogP contribution is -2.40. The van der Waals surface area contributed by atoms with Crippen molar-refractivity contribution in [1.82, 2.24) is 14.9 Å². The number of rotatable bonds is 11. The molecule has 0 aromatic rings. The Labute approximate surface area is 175 Å². The van der Waals surface area contributed by atoms with Crippen LogP contribution in [0.1, 0.15) is 33.1 Å². The van der Waals surface area contributed by atoms with E-state index in [9.17, 15) is 13.5 Å². The predicted octanol–water partition coefficient (Wildman–Crippen LogP) is 0.620.